The van der Waals surface area contributed by atoms with Gasteiger partial charge in [0.15, 0.2) is 0 Å². The molecule has 0 amide bonds. The first-order chi connectivity index (χ1) is 8.22. The summed E-state index contributed by atoms with van der Waals surface area (Å²) in [4.78, 5) is 2.55. The maximum atomic E-state index is 5.03. The van der Waals surface area contributed by atoms with Crippen LogP contribution < -0.4 is 5.32 Å². The number of hydrogen-bond acceptors (Lipinski definition) is 3. The molecular weight excluding hydrogens is 212 g/mol. The van der Waals surface area contributed by atoms with Crippen LogP contribution in [0.4, 0.5) is 0 Å². The Balaban J connectivity index is 2.07. The number of nitrogens with zero attached hydrogens (tertiary/aromatic N) is 1. The number of likely N-dealkylation sites (tertiary alicyclic amines) is 1. The summed E-state index contributed by atoms with van der Waals surface area (Å²) < 4.78 is 5.03. The fourth-order valence-corrected chi connectivity index (χ4v) is 2.17. The van der Waals surface area contributed by atoms with E-state index in [0.717, 1.165) is 32.2 Å². The SMILES string of the molecule is COCCNCC1CCN(CC=C(C)C)CC1. The van der Waals surface area contributed by atoms with E-state index in [1.807, 2.05) is 0 Å². The molecule has 0 saturated carbocycles. The van der Waals surface area contributed by atoms with E-state index in [4.69, 9.17) is 4.74 Å². The third-order valence-corrected chi connectivity index (χ3v) is 3.38. The van der Waals surface area contributed by atoms with Gasteiger partial charge in [-0.1, -0.05) is 11.6 Å². The van der Waals surface area contributed by atoms with Crippen molar-refractivity contribution in [1.82, 2.24) is 10.2 Å². The van der Waals surface area contributed by atoms with E-state index in [2.05, 4.69) is 30.1 Å². The van der Waals surface area contributed by atoms with E-state index in [1.165, 1.54) is 31.5 Å². The first kappa shape index (κ1) is 14.7. The average Bonchev–Trinajstić information content (AvgIpc) is 2.33. The third kappa shape index (κ3) is 6.81. The molecule has 0 aromatic carbocycles. The molecule has 0 unspecified atom stereocenters. The second-order valence-electron chi connectivity index (χ2n) is 5.22. The van der Waals surface area contributed by atoms with Crippen molar-refractivity contribution in [3.05, 3.63) is 11.6 Å². The maximum Gasteiger partial charge on any atom is 0.0587 e. The van der Waals surface area contributed by atoms with Crippen LogP contribution in [0.15, 0.2) is 11.6 Å². The highest BCUT2D eigenvalue weighted by molar-refractivity contribution is 4.95. The lowest BCUT2D eigenvalue weighted by atomic mass is 9.97. The third-order valence-electron chi connectivity index (χ3n) is 3.38. The number of piperidine rings is 1. The van der Waals surface area contributed by atoms with Gasteiger partial charge in [-0.2, -0.15) is 0 Å². The molecule has 3 nitrogen and oxygen atoms in total. The maximum absolute atomic E-state index is 5.03. The molecule has 0 bridgehead atoms. The Hall–Kier alpha value is -0.380. The summed E-state index contributed by atoms with van der Waals surface area (Å²) in [5, 5.41) is 3.47. The Morgan fingerprint density at radius 1 is 1.35 bits per heavy atom. The number of ether oxygens (including phenoxy) is 1. The molecule has 1 N–H and O–H groups in total. The molecule has 3 heteroatoms. The molecule has 0 radical (unpaired) electrons. The fourth-order valence-electron chi connectivity index (χ4n) is 2.17. The molecule has 0 aromatic heterocycles. The number of rotatable bonds is 7. The van der Waals surface area contributed by atoms with Crippen LogP contribution in [0.25, 0.3) is 0 Å². The summed E-state index contributed by atoms with van der Waals surface area (Å²) >= 11 is 0. The summed E-state index contributed by atoms with van der Waals surface area (Å²) in [6.45, 7) is 10.9. The number of methoxy groups -OCH3 is 1. The Bertz CT molecular complexity index is 216. The van der Waals surface area contributed by atoms with Gasteiger partial charge in [0.05, 0.1) is 6.61 Å². The lowest BCUT2D eigenvalue weighted by Crippen LogP contribution is -2.37. The summed E-state index contributed by atoms with van der Waals surface area (Å²) in [6.07, 6.45) is 4.99. The lowest BCUT2D eigenvalue weighted by Gasteiger charge is -2.31. The largest absolute Gasteiger partial charge is 0.383 e. The van der Waals surface area contributed by atoms with Gasteiger partial charge in [0, 0.05) is 20.2 Å². The Labute approximate surface area is 106 Å². The van der Waals surface area contributed by atoms with Crippen molar-refractivity contribution in [2.24, 2.45) is 5.92 Å². The molecule has 0 aromatic rings. The van der Waals surface area contributed by atoms with Crippen molar-refractivity contribution < 1.29 is 4.74 Å². The van der Waals surface area contributed by atoms with Gasteiger partial charge in [0.2, 0.25) is 0 Å². The van der Waals surface area contributed by atoms with Crippen LogP contribution in [0.2, 0.25) is 0 Å². The standard InChI is InChI=1S/C14H28N2O/c1-13(2)4-8-16-9-5-14(6-10-16)12-15-7-11-17-3/h4,14-15H,5-12H2,1-3H3. The van der Waals surface area contributed by atoms with Crippen LogP contribution in [0.3, 0.4) is 0 Å². The number of hydrogen-bond donors (Lipinski definition) is 1. The normalized spacial score (nSPS) is 18.3. The van der Waals surface area contributed by atoms with E-state index in [-0.39, 0.29) is 0 Å². The van der Waals surface area contributed by atoms with E-state index < -0.39 is 0 Å². The van der Waals surface area contributed by atoms with E-state index in [1.54, 1.807) is 7.11 Å². The van der Waals surface area contributed by atoms with Crippen molar-refractivity contribution in [2.45, 2.75) is 26.7 Å². The first-order valence-electron chi connectivity index (χ1n) is 6.77. The zero-order chi connectivity index (χ0) is 12.5. The molecule has 1 rings (SSSR count). The monoisotopic (exact) mass is 240 g/mol. The second kappa shape index (κ2) is 8.67. The van der Waals surface area contributed by atoms with Crippen LogP contribution in [-0.4, -0.2) is 51.3 Å². The zero-order valence-corrected chi connectivity index (χ0v) is 11.7. The van der Waals surface area contributed by atoms with Crippen molar-refractivity contribution in [2.75, 3.05) is 46.4 Å². The van der Waals surface area contributed by atoms with Crippen molar-refractivity contribution in [1.29, 1.82) is 0 Å². The van der Waals surface area contributed by atoms with Gasteiger partial charge in [-0.05, 0) is 52.2 Å². The summed E-state index contributed by atoms with van der Waals surface area (Å²) in [6, 6.07) is 0. The minimum absolute atomic E-state index is 0.819. The van der Waals surface area contributed by atoms with Gasteiger partial charge in [0.25, 0.3) is 0 Å². The molecule has 1 aliphatic heterocycles. The van der Waals surface area contributed by atoms with Crippen molar-refractivity contribution in [3.8, 4) is 0 Å². The smallest absolute Gasteiger partial charge is 0.0587 e. The Kier molecular flexibility index (Phi) is 7.49. The molecule has 1 heterocycles. The van der Waals surface area contributed by atoms with Crippen LogP contribution in [0.5, 0.6) is 0 Å². The second-order valence-corrected chi connectivity index (χ2v) is 5.22. The summed E-state index contributed by atoms with van der Waals surface area (Å²) in [5.41, 5.74) is 1.42. The van der Waals surface area contributed by atoms with Gasteiger partial charge in [-0.25, -0.2) is 0 Å². The molecule has 1 saturated heterocycles. The van der Waals surface area contributed by atoms with Crippen molar-refractivity contribution >= 4 is 0 Å². The van der Waals surface area contributed by atoms with Crippen LogP contribution in [-0.2, 0) is 4.74 Å². The van der Waals surface area contributed by atoms with E-state index >= 15 is 0 Å². The highest BCUT2D eigenvalue weighted by Gasteiger charge is 2.17. The van der Waals surface area contributed by atoms with Gasteiger partial charge >= 0.3 is 0 Å². The van der Waals surface area contributed by atoms with Crippen LogP contribution in [0, 0.1) is 5.92 Å². The Morgan fingerprint density at radius 3 is 2.65 bits per heavy atom. The highest BCUT2D eigenvalue weighted by Crippen LogP contribution is 2.16. The zero-order valence-electron chi connectivity index (χ0n) is 11.7. The molecule has 0 spiro atoms. The average molecular weight is 240 g/mol. The minimum Gasteiger partial charge on any atom is -0.383 e. The van der Waals surface area contributed by atoms with Gasteiger partial charge in [-0.3, -0.25) is 4.90 Å². The molecule has 1 aliphatic rings. The lowest BCUT2D eigenvalue weighted by molar-refractivity contribution is 0.182. The molecule has 17 heavy (non-hydrogen) atoms. The highest BCUT2D eigenvalue weighted by atomic mass is 16.5. The van der Waals surface area contributed by atoms with Gasteiger partial charge in [-0.15, -0.1) is 0 Å². The Morgan fingerprint density at radius 2 is 2.06 bits per heavy atom. The van der Waals surface area contributed by atoms with Crippen LogP contribution in [0.1, 0.15) is 26.7 Å². The number of nitrogens with one attached hydrogen (secondary N) is 1. The molecule has 1 fully saturated rings. The summed E-state index contributed by atoms with van der Waals surface area (Å²) in [7, 11) is 1.75. The van der Waals surface area contributed by atoms with Gasteiger partial charge in [0.1, 0.15) is 0 Å². The molecule has 0 aliphatic carbocycles. The molecule has 100 valence electrons. The minimum atomic E-state index is 0.819. The van der Waals surface area contributed by atoms with E-state index in [9.17, 15) is 0 Å². The molecule has 0 atom stereocenters. The molecular formula is C14H28N2O. The van der Waals surface area contributed by atoms with Crippen LogP contribution >= 0.6 is 0 Å². The van der Waals surface area contributed by atoms with Crippen molar-refractivity contribution in [3.63, 3.8) is 0 Å². The predicted octanol–water partition coefficient (Wildman–Crippen LogP) is 1.90. The van der Waals surface area contributed by atoms with E-state index in [0.29, 0.717) is 0 Å². The fraction of sp³-hybridized carbons (Fsp3) is 0.857. The first-order valence-corrected chi connectivity index (χ1v) is 6.77. The number of allylic oxidation sites excluding steroid dienone is 1. The topological polar surface area (TPSA) is 24.5 Å². The quantitative estimate of drug-likeness (QED) is 0.543. The summed E-state index contributed by atoms with van der Waals surface area (Å²) in [5.74, 6) is 0.856. The van der Waals surface area contributed by atoms with Gasteiger partial charge < -0.3 is 10.1 Å². The predicted molar refractivity (Wildman–Crippen MR) is 73.3 cm³/mol.